The van der Waals surface area contributed by atoms with Gasteiger partial charge in [0.15, 0.2) is 5.69 Å². The second-order valence-corrected chi connectivity index (χ2v) is 3.17. The van der Waals surface area contributed by atoms with Gasteiger partial charge >= 0.3 is 5.97 Å². The molecular weight excluding hydrogens is 198 g/mol. The summed E-state index contributed by atoms with van der Waals surface area (Å²) >= 11 is 0. The Bertz CT molecular complexity index is 363. The van der Waals surface area contributed by atoms with Crippen LogP contribution in [0.5, 0.6) is 0 Å². The highest BCUT2D eigenvalue weighted by molar-refractivity contribution is 5.91. The van der Waals surface area contributed by atoms with Crippen molar-refractivity contribution in [1.29, 1.82) is 0 Å². The molecule has 1 aliphatic rings. The van der Waals surface area contributed by atoms with Gasteiger partial charge in [0.05, 0.1) is 25.1 Å². The Morgan fingerprint density at radius 1 is 1.47 bits per heavy atom. The fraction of sp³-hybridized carbons (Fsp3) is 0.444. The van der Waals surface area contributed by atoms with Crippen LogP contribution in [-0.2, 0) is 4.74 Å². The minimum absolute atomic E-state index is 0.000556. The zero-order valence-corrected chi connectivity index (χ0v) is 8.09. The van der Waals surface area contributed by atoms with E-state index < -0.39 is 5.97 Å². The third-order valence-corrected chi connectivity index (χ3v) is 2.25. The Hall–Kier alpha value is -1.69. The monoisotopic (exact) mass is 209 g/mol. The Labute approximate surface area is 86.5 Å². The van der Waals surface area contributed by atoms with Crippen molar-refractivity contribution in [2.75, 3.05) is 31.2 Å². The van der Waals surface area contributed by atoms with Crippen LogP contribution in [0, 0.1) is 0 Å². The first-order valence-electron chi connectivity index (χ1n) is 4.66. The van der Waals surface area contributed by atoms with E-state index in [2.05, 4.69) is 10.2 Å². The predicted octanol–water partition coefficient (Wildman–Crippen LogP) is 0.0114. The van der Waals surface area contributed by atoms with Crippen LogP contribution in [0.2, 0.25) is 0 Å². The highest BCUT2D eigenvalue weighted by atomic mass is 16.5. The van der Waals surface area contributed by atoms with E-state index in [1.54, 1.807) is 6.07 Å². The van der Waals surface area contributed by atoms with Crippen molar-refractivity contribution >= 4 is 11.7 Å². The summed E-state index contributed by atoms with van der Waals surface area (Å²) in [4.78, 5) is 12.9. The van der Waals surface area contributed by atoms with Crippen molar-refractivity contribution in [2.24, 2.45) is 0 Å². The van der Waals surface area contributed by atoms with Crippen molar-refractivity contribution in [3.05, 3.63) is 18.0 Å². The maximum absolute atomic E-state index is 10.9. The quantitative estimate of drug-likeness (QED) is 0.739. The van der Waals surface area contributed by atoms with Crippen LogP contribution in [0.4, 0.5) is 5.69 Å². The Balaban J connectivity index is 2.29. The summed E-state index contributed by atoms with van der Waals surface area (Å²) in [6.45, 7) is 2.60. The molecule has 0 aromatic carbocycles. The second-order valence-electron chi connectivity index (χ2n) is 3.17. The number of carboxylic acids is 1. The number of hydrogen-bond acceptors (Lipinski definition) is 5. The minimum atomic E-state index is -1.05. The topological polar surface area (TPSA) is 75.5 Å². The zero-order chi connectivity index (χ0) is 10.7. The summed E-state index contributed by atoms with van der Waals surface area (Å²) in [5, 5.41) is 16.1. The lowest BCUT2D eigenvalue weighted by Gasteiger charge is -2.29. The summed E-state index contributed by atoms with van der Waals surface area (Å²) in [5.41, 5.74) is 0.611. The van der Waals surface area contributed by atoms with E-state index in [-0.39, 0.29) is 5.69 Å². The Morgan fingerprint density at radius 3 is 2.87 bits per heavy atom. The minimum Gasteiger partial charge on any atom is -0.476 e. The molecule has 0 atom stereocenters. The maximum Gasteiger partial charge on any atom is 0.358 e. The fourth-order valence-electron chi connectivity index (χ4n) is 1.54. The molecule has 1 fully saturated rings. The molecule has 1 aromatic heterocycles. The van der Waals surface area contributed by atoms with Gasteiger partial charge in [0.1, 0.15) is 0 Å². The Morgan fingerprint density at radius 2 is 2.20 bits per heavy atom. The molecular formula is C9H11N3O3. The van der Waals surface area contributed by atoms with Crippen molar-refractivity contribution in [3.63, 3.8) is 0 Å². The number of morpholine rings is 1. The number of carboxylic acid groups (broad SMARTS) is 1. The first-order chi connectivity index (χ1) is 7.29. The Kier molecular flexibility index (Phi) is 2.77. The second kappa shape index (κ2) is 4.22. The van der Waals surface area contributed by atoms with Crippen LogP contribution in [0.1, 0.15) is 10.5 Å². The van der Waals surface area contributed by atoms with E-state index in [1.807, 2.05) is 4.90 Å². The molecule has 80 valence electrons. The molecule has 0 aliphatic carbocycles. The normalized spacial score (nSPS) is 16.4. The van der Waals surface area contributed by atoms with Crippen LogP contribution in [0.3, 0.4) is 0 Å². The number of rotatable bonds is 2. The van der Waals surface area contributed by atoms with Gasteiger partial charge in [-0.3, -0.25) is 0 Å². The summed E-state index contributed by atoms with van der Waals surface area (Å²) in [6, 6.07) is 1.67. The molecule has 15 heavy (non-hydrogen) atoms. The van der Waals surface area contributed by atoms with Gasteiger partial charge in [-0.1, -0.05) is 0 Å². The first-order valence-corrected chi connectivity index (χ1v) is 4.66. The van der Waals surface area contributed by atoms with Gasteiger partial charge in [-0.05, 0) is 6.07 Å². The lowest BCUT2D eigenvalue weighted by atomic mass is 10.2. The van der Waals surface area contributed by atoms with Crippen LogP contribution in [0.25, 0.3) is 0 Å². The van der Waals surface area contributed by atoms with Gasteiger partial charge in [-0.25, -0.2) is 4.79 Å². The third kappa shape index (κ3) is 2.04. The van der Waals surface area contributed by atoms with Gasteiger partial charge in [0.2, 0.25) is 0 Å². The molecule has 1 N–H and O–H groups in total. The molecule has 1 saturated heterocycles. The van der Waals surface area contributed by atoms with Gasteiger partial charge in [-0.15, -0.1) is 5.10 Å². The van der Waals surface area contributed by atoms with E-state index in [9.17, 15) is 4.79 Å². The standard InChI is InChI=1S/C9H11N3O3/c13-9(14)8-7(1-2-10-11-8)12-3-5-15-6-4-12/h1-2H,3-6H2,(H,13,14). The molecule has 2 heterocycles. The van der Waals surface area contributed by atoms with Crippen LogP contribution >= 0.6 is 0 Å². The number of carbonyl (C=O) groups is 1. The molecule has 6 heteroatoms. The molecule has 1 aliphatic heterocycles. The fourth-order valence-corrected chi connectivity index (χ4v) is 1.54. The van der Waals surface area contributed by atoms with Gasteiger partial charge in [0.25, 0.3) is 0 Å². The van der Waals surface area contributed by atoms with Crippen molar-refractivity contribution in [3.8, 4) is 0 Å². The van der Waals surface area contributed by atoms with Crippen molar-refractivity contribution in [1.82, 2.24) is 10.2 Å². The lowest BCUT2D eigenvalue weighted by molar-refractivity contribution is 0.0688. The SMILES string of the molecule is O=C(O)c1nnccc1N1CCOCC1. The molecule has 0 bridgehead atoms. The molecule has 2 rings (SSSR count). The number of ether oxygens (including phenoxy) is 1. The smallest absolute Gasteiger partial charge is 0.358 e. The zero-order valence-electron chi connectivity index (χ0n) is 8.09. The molecule has 0 unspecified atom stereocenters. The average Bonchev–Trinajstić information content (AvgIpc) is 2.30. The highest BCUT2D eigenvalue weighted by Gasteiger charge is 2.19. The molecule has 0 radical (unpaired) electrons. The molecule has 1 aromatic rings. The lowest BCUT2D eigenvalue weighted by Crippen LogP contribution is -2.37. The van der Waals surface area contributed by atoms with E-state index in [0.717, 1.165) is 0 Å². The first kappa shape index (κ1) is 9.85. The summed E-state index contributed by atoms with van der Waals surface area (Å²) in [7, 11) is 0. The number of nitrogens with zero attached hydrogens (tertiary/aromatic N) is 3. The van der Waals surface area contributed by atoms with Crippen LogP contribution in [-0.4, -0.2) is 47.6 Å². The van der Waals surface area contributed by atoms with E-state index in [0.29, 0.717) is 32.0 Å². The molecule has 0 amide bonds. The number of aromatic nitrogens is 2. The predicted molar refractivity (Wildman–Crippen MR) is 52.0 cm³/mol. The molecule has 0 spiro atoms. The average molecular weight is 209 g/mol. The van der Waals surface area contributed by atoms with E-state index in [4.69, 9.17) is 9.84 Å². The number of anilines is 1. The summed E-state index contributed by atoms with van der Waals surface area (Å²) in [5.74, 6) is -1.05. The largest absolute Gasteiger partial charge is 0.476 e. The van der Waals surface area contributed by atoms with Crippen LogP contribution in [0.15, 0.2) is 12.3 Å². The van der Waals surface area contributed by atoms with Gasteiger partial charge in [-0.2, -0.15) is 5.10 Å². The number of hydrogen-bond donors (Lipinski definition) is 1. The van der Waals surface area contributed by atoms with Gasteiger partial charge < -0.3 is 14.7 Å². The van der Waals surface area contributed by atoms with Crippen molar-refractivity contribution < 1.29 is 14.6 Å². The molecule has 6 nitrogen and oxygen atoms in total. The van der Waals surface area contributed by atoms with Crippen molar-refractivity contribution in [2.45, 2.75) is 0 Å². The summed E-state index contributed by atoms with van der Waals surface area (Å²) in [6.07, 6.45) is 1.50. The highest BCUT2D eigenvalue weighted by Crippen LogP contribution is 2.18. The summed E-state index contributed by atoms with van der Waals surface area (Å²) < 4.78 is 5.20. The molecule has 0 saturated carbocycles. The third-order valence-electron chi connectivity index (χ3n) is 2.25. The van der Waals surface area contributed by atoms with Crippen LogP contribution < -0.4 is 4.90 Å². The van der Waals surface area contributed by atoms with E-state index >= 15 is 0 Å². The van der Waals surface area contributed by atoms with E-state index in [1.165, 1.54) is 6.20 Å². The number of aromatic carboxylic acids is 1. The van der Waals surface area contributed by atoms with Gasteiger partial charge in [0, 0.05) is 13.1 Å². The maximum atomic E-state index is 10.9.